The Bertz CT molecular complexity index is 363. The Labute approximate surface area is 111 Å². The van der Waals surface area contributed by atoms with Crippen LogP contribution in [0.25, 0.3) is 0 Å². The lowest BCUT2D eigenvalue weighted by Crippen LogP contribution is -2.51. The Morgan fingerprint density at radius 1 is 1.22 bits per heavy atom. The smallest absolute Gasteiger partial charge is 0.0294 e. The van der Waals surface area contributed by atoms with Gasteiger partial charge >= 0.3 is 0 Å². The quantitative estimate of drug-likeness (QED) is 0.882. The van der Waals surface area contributed by atoms with Crippen LogP contribution in [-0.4, -0.2) is 30.6 Å². The standard InChI is InChI=1S/C16H26N2/c1-12-11-18(4)13(2)10-16(12)17-14(3)15-8-6-5-7-9-15/h5-9,12-14,16-17H,10-11H2,1-4H3/t12?,13?,14-,16?/m1/s1. The number of likely N-dealkylation sites (tertiary alicyclic amines) is 1. The number of piperidine rings is 1. The van der Waals surface area contributed by atoms with E-state index >= 15 is 0 Å². The first-order chi connectivity index (χ1) is 8.58. The second-order valence-electron chi connectivity index (χ2n) is 5.91. The van der Waals surface area contributed by atoms with Crippen molar-refractivity contribution in [2.24, 2.45) is 5.92 Å². The maximum absolute atomic E-state index is 3.81. The van der Waals surface area contributed by atoms with Gasteiger partial charge in [-0.2, -0.15) is 0 Å². The fourth-order valence-electron chi connectivity index (χ4n) is 2.93. The van der Waals surface area contributed by atoms with Crippen LogP contribution in [0.4, 0.5) is 0 Å². The van der Waals surface area contributed by atoms with Crippen molar-refractivity contribution in [1.82, 2.24) is 10.2 Å². The summed E-state index contributed by atoms with van der Waals surface area (Å²) in [5.74, 6) is 0.720. The first-order valence-electron chi connectivity index (χ1n) is 7.09. The molecule has 18 heavy (non-hydrogen) atoms. The van der Waals surface area contributed by atoms with E-state index in [9.17, 15) is 0 Å². The molecular weight excluding hydrogens is 220 g/mol. The Morgan fingerprint density at radius 3 is 2.56 bits per heavy atom. The highest BCUT2D eigenvalue weighted by Gasteiger charge is 2.29. The first-order valence-corrected chi connectivity index (χ1v) is 7.09. The van der Waals surface area contributed by atoms with Crippen LogP contribution in [0.5, 0.6) is 0 Å². The summed E-state index contributed by atoms with van der Waals surface area (Å²) in [7, 11) is 2.23. The number of rotatable bonds is 3. The Hall–Kier alpha value is -0.860. The molecule has 1 saturated heterocycles. The summed E-state index contributed by atoms with van der Waals surface area (Å²) in [6.45, 7) is 8.15. The second kappa shape index (κ2) is 5.85. The van der Waals surface area contributed by atoms with E-state index in [0.29, 0.717) is 18.1 Å². The average Bonchev–Trinajstić information content (AvgIpc) is 2.37. The highest BCUT2D eigenvalue weighted by Crippen LogP contribution is 2.23. The molecule has 1 aliphatic rings. The van der Waals surface area contributed by atoms with Crippen LogP contribution in [0.2, 0.25) is 0 Å². The molecule has 1 heterocycles. The Balaban J connectivity index is 1.97. The summed E-state index contributed by atoms with van der Waals surface area (Å²) >= 11 is 0. The van der Waals surface area contributed by atoms with E-state index in [2.05, 4.69) is 68.4 Å². The fourth-order valence-corrected chi connectivity index (χ4v) is 2.93. The molecular formula is C16H26N2. The van der Waals surface area contributed by atoms with E-state index in [4.69, 9.17) is 0 Å². The fraction of sp³-hybridized carbons (Fsp3) is 0.625. The number of nitrogens with one attached hydrogen (secondary N) is 1. The van der Waals surface area contributed by atoms with Crippen molar-refractivity contribution in [1.29, 1.82) is 0 Å². The lowest BCUT2D eigenvalue weighted by Gasteiger charge is -2.41. The molecule has 0 spiro atoms. The minimum Gasteiger partial charge on any atom is -0.307 e. The molecule has 0 bridgehead atoms. The molecule has 3 unspecified atom stereocenters. The van der Waals surface area contributed by atoms with Crippen LogP contribution in [0.15, 0.2) is 30.3 Å². The molecule has 100 valence electrons. The van der Waals surface area contributed by atoms with Crippen LogP contribution in [0, 0.1) is 5.92 Å². The van der Waals surface area contributed by atoms with E-state index in [1.54, 1.807) is 0 Å². The normalized spacial score (nSPS) is 31.2. The van der Waals surface area contributed by atoms with Gasteiger partial charge in [-0.1, -0.05) is 37.3 Å². The average molecular weight is 246 g/mol. The van der Waals surface area contributed by atoms with Crippen molar-refractivity contribution >= 4 is 0 Å². The topological polar surface area (TPSA) is 15.3 Å². The molecule has 0 saturated carbocycles. The second-order valence-corrected chi connectivity index (χ2v) is 5.91. The van der Waals surface area contributed by atoms with Gasteiger partial charge < -0.3 is 10.2 Å². The number of nitrogens with zero attached hydrogens (tertiary/aromatic N) is 1. The predicted molar refractivity (Wildman–Crippen MR) is 77.7 cm³/mol. The Kier molecular flexibility index (Phi) is 4.41. The van der Waals surface area contributed by atoms with Crippen molar-refractivity contribution in [3.8, 4) is 0 Å². The largest absolute Gasteiger partial charge is 0.307 e. The van der Waals surface area contributed by atoms with Gasteiger partial charge in [0.15, 0.2) is 0 Å². The van der Waals surface area contributed by atoms with Crippen LogP contribution >= 0.6 is 0 Å². The molecule has 2 heteroatoms. The predicted octanol–water partition coefficient (Wildman–Crippen LogP) is 3.07. The molecule has 2 nitrogen and oxygen atoms in total. The van der Waals surface area contributed by atoms with Gasteiger partial charge in [-0.3, -0.25) is 0 Å². The van der Waals surface area contributed by atoms with Crippen LogP contribution in [0.1, 0.15) is 38.8 Å². The van der Waals surface area contributed by atoms with Gasteiger partial charge in [-0.25, -0.2) is 0 Å². The highest BCUT2D eigenvalue weighted by molar-refractivity contribution is 5.18. The van der Waals surface area contributed by atoms with Crippen LogP contribution in [0.3, 0.4) is 0 Å². The van der Waals surface area contributed by atoms with Crippen molar-refractivity contribution in [2.75, 3.05) is 13.6 Å². The van der Waals surface area contributed by atoms with Crippen molar-refractivity contribution in [3.05, 3.63) is 35.9 Å². The molecule has 2 rings (SSSR count). The van der Waals surface area contributed by atoms with Crippen molar-refractivity contribution in [3.63, 3.8) is 0 Å². The third-order valence-corrected chi connectivity index (χ3v) is 4.37. The third-order valence-electron chi connectivity index (χ3n) is 4.37. The Morgan fingerprint density at radius 2 is 1.89 bits per heavy atom. The molecule has 1 fully saturated rings. The van der Waals surface area contributed by atoms with E-state index in [-0.39, 0.29) is 0 Å². The van der Waals surface area contributed by atoms with Gasteiger partial charge in [-0.05, 0) is 38.8 Å². The lowest BCUT2D eigenvalue weighted by atomic mass is 9.89. The minimum absolute atomic E-state index is 0.439. The summed E-state index contributed by atoms with van der Waals surface area (Å²) in [6.07, 6.45) is 1.24. The molecule has 0 aromatic heterocycles. The van der Waals surface area contributed by atoms with E-state index in [1.165, 1.54) is 18.5 Å². The zero-order valence-corrected chi connectivity index (χ0v) is 12.1. The van der Waals surface area contributed by atoms with Gasteiger partial charge in [0, 0.05) is 24.7 Å². The molecule has 0 radical (unpaired) electrons. The maximum atomic E-state index is 3.81. The summed E-state index contributed by atoms with van der Waals surface area (Å²) in [5, 5.41) is 3.81. The molecule has 4 atom stereocenters. The summed E-state index contributed by atoms with van der Waals surface area (Å²) in [5.41, 5.74) is 1.39. The minimum atomic E-state index is 0.439. The number of hydrogen-bond donors (Lipinski definition) is 1. The molecule has 1 N–H and O–H groups in total. The van der Waals surface area contributed by atoms with Gasteiger partial charge in [0.1, 0.15) is 0 Å². The zero-order valence-electron chi connectivity index (χ0n) is 12.1. The van der Waals surface area contributed by atoms with Gasteiger partial charge in [0.25, 0.3) is 0 Å². The van der Waals surface area contributed by atoms with Crippen molar-refractivity contribution in [2.45, 2.75) is 45.3 Å². The highest BCUT2D eigenvalue weighted by atomic mass is 15.2. The monoisotopic (exact) mass is 246 g/mol. The molecule has 1 aromatic carbocycles. The summed E-state index contributed by atoms with van der Waals surface area (Å²) in [4.78, 5) is 2.47. The lowest BCUT2D eigenvalue weighted by molar-refractivity contribution is 0.116. The first kappa shape index (κ1) is 13.6. The van der Waals surface area contributed by atoms with Gasteiger partial charge in [-0.15, -0.1) is 0 Å². The van der Waals surface area contributed by atoms with E-state index in [1.807, 2.05) is 0 Å². The molecule has 0 amide bonds. The third kappa shape index (κ3) is 3.12. The van der Waals surface area contributed by atoms with Gasteiger partial charge in [0.05, 0.1) is 0 Å². The zero-order chi connectivity index (χ0) is 13.1. The van der Waals surface area contributed by atoms with Crippen molar-refractivity contribution < 1.29 is 0 Å². The van der Waals surface area contributed by atoms with E-state index in [0.717, 1.165) is 5.92 Å². The molecule has 1 aliphatic heterocycles. The van der Waals surface area contributed by atoms with Crippen LogP contribution in [-0.2, 0) is 0 Å². The van der Waals surface area contributed by atoms with Gasteiger partial charge in [0.2, 0.25) is 0 Å². The number of benzene rings is 1. The summed E-state index contributed by atoms with van der Waals surface area (Å²) in [6, 6.07) is 12.5. The SMILES string of the molecule is CC1CN(C)C(C)CC1N[C@H](C)c1ccccc1. The number of hydrogen-bond acceptors (Lipinski definition) is 2. The maximum Gasteiger partial charge on any atom is 0.0294 e. The summed E-state index contributed by atoms with van der Waals surface area (Å²) < 4.78 is 0. The molecule has 0 aliphatic carbocycles. The molecule has 1 aromatic rings. The van der Waals surface area contributed by atoms with E-state index < -0.39 is 0 Å². The van der Waals surface area contributed by atoms with Crippen LogP contribution < -0.4 is 5.32 Å².